The van der Waals surface area contributed by atoms with Crippen LogP contribution in [0.4, 0.5) is 20.2 Å². The molecule has 4 aromatic rings. The quantitative estimate of drug-likeness (QED) is 0.398. The van der Waals surface area contributed by atoms with Gasteiger partial charge in [-0.15, -0.1) is 10.2 Å². The molecular weight excluding hydrogens is 424 g/mol. The number of fused-ring (bicyclic) bond motifs is 1. The molecule has 0 aliphatic rings. The van der Waals surface area contributed by atoms with Gasteiger partial charge < -0.3 is 14.8 Å². The molecule has 0 aliphatic heterocycles. The van der Waals surface area contributed by atoms with E-state index >= 15 is 0 Å². The molecule has 31 heavy (non-hydrogen) atoms. The molecule has 160 valence electrons. The number of anilines is 2. The summed E-state index contributed by atoms with van der Waals surface area (Å²) in [5.74, 6) is -0.0911. The molecule has 3 aromatic heterocycles. The third kappa shape index (κ3) is 4.22. The molecule has 0 atom stereocenters. The molecule has 0 radical (unpaired) electrons. The van der Waals surface area contributed by atoms with Gasteiger partial charge in [-0.3, -0.25) is 0 Å². The summed E-state index contributed by atoms with van der Waals surface area (Å²) in [4.78, 5) is 4.35. The van der Waals surface area contributed by atoms with Crippen LogP contribution in [0, 0.1) is 18.6 Å². The van der Waals surface area contributed by atoms with Gasteiger partial charge in [0.1, 0.15) is 5.82 Å². The number of hydrogen-bond donors (Lipinski definition) is 2. The number of pyridine rings is 1. The first-order chi connectivity index (χ1) is 15.0. The van der Waals surface area contributed by atoms with Crippen LogP contribution in [0.25, 0.3) is 16.9 Å². The molecule has 2 N–H and O–H groups in total. The number of aromatic nitrogens is 5. The predicted octanol–water partition coefficient (Wildman–Crippen LogP) is 4.69. The van der Waals surface area contributed by atoms with Crippen molar-refractivity contribution in [1.82, 2.24) is 24.8 Å². The first-order valence-corrected chi connectivity index (χ1v) is 10.4. The van der Waals surface area contributed by atoms with Gasteiger partial charge in [-0.2, -0.15) is 9.61 Å². The Hall–Kier alpha value is -3.47. The minimum absolute atomic E-state index is 0.122. The Bertz CT molecular complexity index is 1250. The average Bonchev–Trinajstić information content (AvgIpc) is 3.15. The molecule has 0 bridgehead atoms. The van der Waals surface area contributed by atoms with Crippen LogP contribution >= 0.6 is 11.9 Å². The van der Waals surface area contributed by atoms with Gasteiger partial charge >= 0.3 is 0 Å². The zero-order valence-electron chi connectivity index (χ0n) is 17.0. The lowest BCUT2D eigenvalue weighted by Crippen LogP contribution is -2.03. The van der Waals surface area contributed by atoms with E-state index in [1.54, 1.807) is 36.8 Å². The average molecular weight is 443 g/mol. The van der Waals surface area contributed by atoms with Gasteiger partial charge in [0.2, 0.25) is 11.5 Å². The maximum absolute atomic E-state index is 14.2. The lowest BCUT2D eigenvalue weighted by atomic mass is 10.1. The molecule has 8 nitrogen and oxygen atoms in total. The Kier molecular flexibility index (Phi) is 5.85. The van der Waals surface area contributed by atoms with Crippen LogP contribution in [-0.4, -0.2) is 37.6 Å². The second-order valence-electron chi connectivity index (χ2n) is 6.46. The monoisotopic (exact) mass is 443 g/mol. The number of benzene rings is 1. The highest BCUT2D eigenvalue weighted by atomic mass is 32.2. The van der Waals surface area contributed by atoms with E-state index in [0.29, 0.717) is 28.4 Å². The minimum atomic E-state index is -0.828. The molecule has 4 rings (SSSR count). The largest absolute Gasteiger partial charge is 0.435 e. The molecule has 0 saturated heterocycles. The molecule has 0 fully saturated rings. The molecule has 1 aromatic carbocycles. The van der Waals surface area contributed by atoms with E-state index in [0.717, 1.165) is 23.6 Å². The lowest BCUT2D eigenvalue weighted by molar-refractivity contribution is 0.425. The number of halogens is 2. The van der Waals surface area contributed by atoms with Crippen LogP contribution in [0.15, 0.2) is 36.5 Å². The van der Waals surface area contributed by atoms with Crippen LogP contribution < -0.4 is 14.8 Å². The Balaban J connectivity index is 1.86. The SMILES string of the molecule is CCSNc1cnc(Oc2ccc(F)cc2F)c(-c2cc(NC)c3nnc(C)n3n2)c1. The lowest BCUT2D eigenvalue weighted by Gasteiger charge is -2.14. The highest BCUT2D eigenvalue weighted by Crippen LogP contribution is 2.35. The molecule has 0 unspecified atom stereocenters. The van der Waals surface area contributed by atoms with Gasteiger partial charge in [0, 0.05) is 18.9 Å². The second kappa shape index (κ2) is 8.72. The number of nitrogens with zero attached hydrogens (tertiary/aromatic N) is 5. The van der Waals surface area contributed by atoms with E-state index in [1.807, 2.05) is 6.92 Å². The van der Waals surface area contributed by atoms with E-state index in [2.05, 4.69) is 30.3 Å². The summed E-state index contributed by atoms with van der Waals surface area (Å²) in [6.07, 6.45) is 1.57. The number of hydrogen-bond acceptors (Lipinski definition) is 8. The van der Waals surface area contributed by atoms with Crippen LogP contribution in [-0.2, 0) is 0 Å². The number of nitrogens with one attached hydrogen (secondary N) is 2. The summed E-state index contributed by atoms with van der Waals surface area (Å²) in [5, 5.41) is 15.9. The molecule has 0 amide bonds. The number of ether oxygens (including phenoxy) is 1. The highest BCUT2D eigenvalue weighted by molar-refractivity contribution is 8.00. The summed E-state index contributed by atoms with van der Waals surface area (Å²) in [6.45, 7) is 3.81. The van der Waals surface area contributed by atoms with Crippen molar-refractivity contribution in [3.05, 3.63) is 54.0 Å². The van der Waals surface area contributed by atoms with Gasteiger partial charge in [0.15, 0.2) is 17.4 Å². The molecule has 11 heteroatoms. The van der Waals surface area contributed by atoms with E-state index in [1.165, 1.54) is 18.0 Å². The standard InChI is InChI=1S/C20H19F2N7OS/c1-4-31-28-13-8-14(16-9-17(23-3)19-26-25-11(2)29(19)27-16)20(24-10-13)30-18-6-5-12(21)7-15(18)22/h5-10,23,28H,4H2,1-3H3. The van der Waals surface area contributed by atoms with E-state index in [9.17, 15) is 8.78 Å². The zero-order chi connectivity index (χ0) is 22.0. The summed E-state index contributed by atoms with van der Waals surface area (Å²) in [6, 6.07) is 6.68. The Morgan fingerprint density at radius 1 is 1.16 bits per heavy atom. The fourth-order valence-electron chi connectivity index (χ4n) is 2.89. The maximum atomic E-state index is 14.2. The van der Waals surface area contributed by atoms with Crippen molar-refractivity contribution < 1.29 is 13.5 Å². The molecular formula is C20H19F2N7OS. The summed E-state index contributed by atoms with van der Waals surface area (Å²) in [7, 11) is 1.77. The number of aryl methyl sites for hydroxylation is 1. The van der Waals surface area contributed by atoms with Crippen molar-refractivity contribution in [3.8, 4) is 22.9 Å². The van der Waals surface area contributed by atoms with Crippen LogP contribution in [0.1, 0.15) is 12.7 Å². The van der Waals surface area contributed by atoms with Crippen molar-refractivity contribution in [3.63, 3.8) is 0 Å². The van der Waals surface area contributed by atoms with Crippen molar-refractivity contribution in [2.24, 2.45) is 0 Å². The van der Waals surface area contributed by atoms with Gasteiger partial charge in [-0.05, 0) is 31.2 Å². The molecule has 0 aliphatic carbocycles. The van der Waals surface area contributed by atoms with Gasteiger partial charge in [0.05, 0.1) is 28.8 Å². The Morgan fingerprint density at radius 3 is 2.74 bits per heavy atom. The fraction of sp³-hybridized carbons (Fsp3) is 0.200. The van der Waals surface area contributed by atoms with Crippen molar-refractivity contribution >= 4 is 29.0 Å². The second-order valence-corrected chi connectivity index (χ2v) is 7.53. The third-order valence-corrected chi connectivity index (χ3v) is 5.03. The summed E-state index contributed by atoms with van der Waals surface area (Å²) < 4.78 is 38.0. The molecule has 0 spiro atoms. The Labute approximate surface area is 181 Å². The van der Waals surface area contributed by atoms with Crippen molar-refractivity contribution in [1.29, 1.82) is 0 Å². The van der Waals surface area contributed by atoms with Crippen LogP contribution in [0.2, 0.25) is 0 Å². The smallest absolute Gasteiger partial charge is 0.229 e. The van der Waals surface area contributed by atoms with Gasteiger partial charge in [0.25, 0.3) is 0 Å². The fourth-order valence-corrected chi connectivity index (χ4v) is 3.31. The molecule has 0 saturated carbocycles. The number of rotatable bonds is 7. The van der Waals surface area contributed by atoms with Crippen molar-refractivity contribution in [2.45, 2.75) is 13.8 Å². The topological polar surface area (TPSA) is 89.3 Å². The van der Waals surface area contributed by atoms with Gasteiger partial charge in [-0.25, -0.2) is 13.8 Å². The highest BCUT2D eigenvalue weighted by Gasteiger charge is 2.18. The summed E-state index contributed by atoms with van der Waals surface area (Å²) in [5.41, 5.74) is 3.01. The molecule has 3 heterocycles. The predicted molar refractivity (Wildman–Crippen MR) is 116 cm³/mol. The first kappa shape index (κ1) is 20.8. The minimum Gasteiger partial charge on any atom is -0.435 e. The summed E-state index contributed by atoms with van der Waals surface area (Å²) >= 11 is 1.50. The normalized spacial score (nSPS) is 11.0. The first-order valence-electron chi connectivity index (χ1n) is 9.42. The van der Waals surface area contributed by atoms with Crippen LogP contribution in [0.3, 0.4) is 0 Å². The van der Waals surface area contributed by atoms with E-state index in [-0.39, 0.29) is 11.6 Å². The van der Waals surface area contributed by atoms with E-state index in [4.69, 9.17) is 4.74 Å². The van der Waals surface area contributed by atoms with Crippen LogP contribution in [0.5, 0.6) is 11.6 Å². The zero-order valence-corrected chi connectivity index (χ0v) is 17.8. The van der Waals surface area contributed by atoms with Crippen molar-refractivity contribution in [2.75, 3.05) is 22.8 Å². The Morgan fingerprint density at radius 2 is 2.00 bits per heavy atom. The maximum Gasteiger partial charge on any atom is 0.229 e. The van der Waals surface area contributed by atoms with E-state index < -0.39 is 11.6 Å². The van der Waals surface area contributed by atoms with Gasteiger partial charge in [-0.1, -0.05) is 18.9 Å². The third-order valence-electron chi connectivity index (χ3n) is 4.36.